The van der Waals surface area contributed by atoms with Crippen molar-refractivity contribution in [2.24, 2.45) is 0 Å². The summed E-state index contributed by atoms with van der Waals surface area (Å²) in [5.41, 5.74) is -0.235. The molecule has 3 aliphatic rings. The number of rotatable bonds is 6. The van der Waals surface area contributed by atoms with Crippen molar-refractivity contribution < 1.29 is 32.6 Å². The third-order valence-electron chi connectivity index (χ3n) is 6.27. The molecule has 7 nitrogen and oxygen atoms in total. The van der Waals surface area contributed by atoms with Gasteiger partial charge in [0.15, 0.2) is 0 Å². The van der Waals surface area contributed by atoms with E-state index in [1.54, 1.807) is 6.07 Å². The molecule has 2 atom stereocenters. The average Bonchev–Trinajstić information content (AvgIpc) is 3.04. The van der Waals surface area contributed by atoms with Crippen LogP contribution in [0.2, 0.25) is 0 Å². The molecule has 3 heterocycles. The zero-order valence-electron chi connectivity index (χ0n) is 17.3. The number of halogens is 3. The SMILES string of the molecule is CCCCN1C(=O)[C@@H]2C[C@@H](O)CN2C2(CN(Cc3cccc(OC(F)(F)F)c3)C2)C1=O. The van der Waals surface area contributed by atoms with E-state index in [4.69, 9.17) is 0 Å². The summed E-state index contributed by atoms with van der Waals surface area (Å²) in [5.74, 6) is -0.758. The first-order valence-electron chi connectivity index (χ1n) is 10.5. The lowest BCUT2D eigenvalue weighted by atomic mass is 9.82. The highest BCUT2D eigenvalue weighted by atomic mass is 19.4. The number of alkyl halides is 3. The molecular formula is C21H26F3N3O4. The number of carbonyl (C=O) groups excluding carboxylic acids is 2. The summed E-state index contributed by atoms with van der Waals surface area (Å²) in [7, 11) is 0. The van der Waals surface area contributed by atoms with Gasteiger partial charge in [-0.05, 0) is 30.5 Å². The van der Waals surface area contributed by atoms with Gasteiger partial charge in [-0.3, -0.25) is 24.3 Å². The number of ether oxygens (including phenoxy) is 1. The lowest BCUT2D eigenvalue weighted by Gasteiger charge is -2.58. The first kappa shape index (κ1) is 22.0. The zero-order chi connectivity index (χ0) is 22.4. The number of nitrogens with zero attached hydrogens (tertiary/aromatic N) is 3. The number of aliphatic hydroxyl groups excluding tert-OH is 1. The Morgan fingerprint density at radius 3 is 2.68 bits per heavy atom. The molecule has 3 saturated heterocycles. The van der Waals surface area contributed by atoms with E-state index in [1.165, 1.54) is 23.1 Å². The molecule has 4 rings (SSSR count). The molecule has 1 N–H and O–H groups in total. The van der Waals surface area contributed by atoms with Gasteiger partial charge in [0, 0.05) is 32.7 Å². The summed E-state index contributed by atoms with van der Waals surface area (Å²) in [6.45, 7) is 3.69. The van der Waals surface area contributed by atoms with Gasteiger partial charge >= 0.3 is 6.36 Å². The third-order valence-corrected chi connectivity index (χ3v) is 6.27. The van der Waals surface area contributed by atoms with Crippen molar-refractivity contribution in [1.29, 1.82) is 0 Å². The van der Waals surface area contributed by atoms with Gasteiger partial charge in [-0.25, -0.2) is 0 Å². The summed E-state index contributed by atoms with van der Waals surface area (Å²) in [5, 5.41) is 10.2. The van der Waals surface area contributed by atoms with Crippen LogP contribution in [0, 0.1) is 0 Å². The average molecular weight is 441 g/mol. The molecule has 3 fully saturated rings. The van der Waals surface area contributed by atoms with Gasteiger partial charge < -0.3 is 9.84 Å². The summed E-state index contributed by atoms with van der Waals surface area (Å²) in [4.78, 5) is 31.3. The van der Waals surface area contributed by atoms with E-state index in [1.807, 2.05) is 16.7 Å². The zero-order valence-corrected chi connectivity index (χ0v) is 17.3. The van der Waals surface area contributed by atoms with Crippen molar-refractivity contribution in [3.63, 3.8) is 0 Å². The van der Waals surface area contributed by atoms with Gasteiger partial charge in [0.05, 0.1) is 12.1 Å². The molecule has 0 radical (unpaired) electrons. The smallest absolute Gasteiger partial charge is 0.406 e. The minimum Gasteiger partial charge on any atom is -0.406 e. The molecule has 2 amide bonds. The fraction of sp³-hybridized carbons (Fsp3) is 0.619. The molecule has 31 heavy (non-hydrogen) atoms. The molecule has 0 aromatic heterocycles. The fourth-order valence-electron chi connectivity index (χ4n) is 4.92. The molecule has 0 bridgehead atoms. The van der Waals surface area contributed by atoms with Crippen LogP contribution in [0.4, 0.5) is 13.2 Å². The molecule has 3 aliphatic heterocycles. The van der Waals surface area contributed by atoms with E-state index < -0.39 is 24.0 Å². The van der Waals surface area contributed by atoms with Gasteiger partial charge in [0.2, 0.25) is 5.91 Å². The van der Waals surface area contributed by atoms with Gasteiger partial charge in [-0.2, -0.15) is 0 Å². The van der Waals surface area contributed by atoms with Gasteiger partial charge in [0.1, 0.15) is 11.3 Å². The molecule has 1 spiro atoms. The number of carbonyl (C=O) groups is 2. The number of β-amino-alcohol motifs (C(OH)–C–C–N with tert-alkyl or cyclic N) is 1. The molecule has 10 heteroatoms. The van der Waals surface area contributed by atoms with Crippen molar-refractivity contribution in [3.8, 4) is 5.75 Å². The number of aliphatic hydroxyl groups is 1. The van der Waals surface area contributed by atoms with Crippen LogP contribution >= 0.6 is 0 Å². The third kappa shape index (κ3) is 4.16. The summed E-state index contributed by atoms with van der Waals surface area (Å²) >= 11 is 0. The van der Waals surface area contributed by atoms with Crippen LogP contribution in [0.1, 0.15) is 31.7 Å². The molecule has 0 aliphatic carbocycles. The Morgan fingerprint density at radius 1 is 1.26 bits per heavy atom. The number of unbranched alkanes of at least 4 members (excludes halogenated alkanes) is 1. The molecular weight excluding hydrogens is 415 g/mol. The van der Waals surface area contributed by atoms with Crippen molar-refractivity contribution in [2.45, 2.75) is 56.8 Å². The Labute approximate surface area is 178 Å². The first-order valence-corrected chi connectivity index (χ1v) is 10.5. The van der Waals surface area contributed by atoms with Crippen LogP contribution in [-0.2, 0) is 16.1 Å². The molecule has 1 aromatic carbocycles. The van der Waals surface area contributed by atoms with E-state index >= 15 is 0 Å². The van der Waals surface area contributed by atoms with Crippen molar-refractivity contribution in [2.75, 3.05) is 26.2 Å². The Bertz CT molecular complexity index is 857. The summed E-state index contributed by atoms with van der Waals surface area (Å²) < 4.78 is 41.4. The van der Waals surface area contributed by atoms with Gasteiger partial charge in [-0.1, -0.05) is 25.5 Å². The highest BCUT2D eigenvalue weighted by molar-refractivity contribution is 6.06. The number of hydrogen-bond acceptors (Lipinski definition) is 6. The minimum atomic E-state index is -4.76. The molecule has 1 aromatic rings. The Morgan fingerprint density at radius 2 is 2.00 bits per heavy atom. The maximum atomic E-state index is 13.3. The normalized spacial score (nSPS) is 26.3. The molecule has 170 valence electrons. The van der Waals surface area contributed by atoms with Crippen LogP contribution in [0.25, 0.3) is 0 Å². The van der Waals surface area contributed by atoms with Crippen LogP contribution in [-0.4, -0.2) is 81.8 Å². The maximum Gasteiger partial charge on any atom is 0.573 e. The second kappa shape index (κ2) is 8.07. The van der Waals surface area contributed by atoms with Crippen LogP contribution in [0.5, 0.6) is 5.75 Å². The van der Waals surface area contributed by atoms with Gasteiger partial charge in [0.25, 0.3) is 5.91 Å². The number of amides is 2. The fourth-order valence-corrected chi connectivity index (χ4v) is 4.92. The second-order valence-corrected chi connectivity index (χ2v) is 8.58. The van der Waals surface area contributed by atoms with E-state index in [0.29, 0.717) is 38.2 Å². The van der Waals surface area contributed by atoms with Crippen LogP contribution in [0.15, 0.2) is 24.3 Å². The summed E-state index contributed by atoms with van der Waals surface area (Å²) in [6, 6.07) is 5.27. The number of fused-ring (bicyclic) bond motifs is 2. The standard InChI is InChI=1S/C21H26F3N3O4/c1-2-3-7-26-18(29)17-9-15(28)11-27(17)20(19(26)30)12-25(13-20)10-14-5-4-6-16(8-14)31-21(22,23)24/h4-6,8,15,17,28H,2-3,7,9-13H2,1H3/t15-,17+/m1/s1. The lowest BCUT2D eigenvalue weighted by molar-refractivity contribution is -0.274. The van der Waals surface area contributed by atoms with E-state index in [0.717, 1.165) is 12.8 Å². The number of benzene rings is 1. The lowest BCUT2D eigenvalue weighted by Crippen LogP contribution is -2.81. The number of imide groups is 1. The van der Waals surface area contributed by atoms with Crippen LogP contribution in [0.3, 0.4) is 0 Å². The second-order valence-electron chi connectivity index (χ2n) is 8.58. The molecule has 0 unspecified atom stereocenters. The van der Waals surface area contributed by atoms with Crippen molar-refractivity contribution >= 4 is 11.8 Å². The minimum absolute atomic E-state index is 0.235. The number of likely N-dealkylation sites (tertiary alicyclic amines) is 1. The van der Waals surface area contributed by atoms with E-state index in [9.17, 15) is 27.9 Å². The predicted molar refractivity (Wildman–Crippen MR) is 104 cm³/mol. The maximum absolute atomic E-state index is 13.3. The Balaban J connectivity index is 1.48. The first-order chi connectivity index (χ1) is 14.6. The van der Waals surface area contributed by atoms with Crippen molar-refractivity contribution in [3.05, 3.63) is 29.8 Å². The predicted octanol–water partition coefficient (Wildman–Crippen LogP) is 1.74. The summed E-state index contributed by atoms with van der Waals surface area (Å²) in [6.07, 6.45) is -3.53. The monoisotopic (exact) mass is 441 g/mol. The topological polar surface area (TPSA) is 73.3 Å². The van der Waals surface area contributed by atoms with Crippen molar-refractivity contribution in [1.82, 2.24) is 14.7 Å². The van der Waals surface area contributed by atoms with Gasteiger partial charge in [-0.15, -0.1) is 13.2 Å². The number of piperazine rings is 1. The van der Waals surface area contributed by atoms with Crippen LogP contribution < -0.4 is 4.74 Å². The molecule has 0 saturated carbocycles. The quantitative estimate of drug-likeness (QED) is 0.679. The Hall–Kier alpha value is -2.17. The highest BCUT2D eigenvalue weighted by Crippen LogP contribution is 2.41. The van der Waals surface area contributed by atoms with E-state index in [2.05, 4.69) is 4.74 Å². The largest absolute Gasteiger partial charge is 0.573 e. The highest BCUT2D eigenvalue weighted by Gasteiger charge is 2.63. The van der Waals surface area contributed by atoms with E-state index in [-0.39, 0.29) is 24.1 Å². The number of hydrogen-bond donors (Lipinski definition) is 1. The Kier molecular flexibility index (Phi) is 5.74.